The van der Waals surface area contributed by atoms with E-state index >= 15 is 0 Å². The molecule has 0 saturated carbocycles. The van der Waals surface area contributed by atoms with E-state index in [0.29, 0.717) is 0 Å². The number of rotatable bonds is 6. The first-order valence-corrected chi connectivity index (χ1v) is 18.8. The molecule has 0 radical (unpaired) electrons. The van der Waals surface area contributed by atoms with E-state index in [1.54, 1.807) is 25.6 Å². The predicted octanol–water partition coefficient (Wildman–Crippen LogP) is 9.36. The molecule has 5 nitrogen and oxygen atoms in total. The highest BCUT2D eigenvalue weighted by atomic mass is 32.1. The van der Waals surface area contributed by atoms with Crippen molar-refractivity contribution in [3.8, 4) is 11.5 Å². The van der Waals surface area contributed by atoms with Gasteiger partial charge in [0, 0.05) is 48.8 Å². The molecule has 0 spiro atoms. The highest BCUT2D eigenvalue weighted by Gasteiger charge is 2.23. The molecule has 9 rings (SSSR count). The van der Waals surface area contributed by atoms with Gasteiger partial charge in [-0.25, -0.2) is 9.98 Å². The van der Waals surface area contributed by atoms with Crippen molar-refractivity contribution in [2.24, 2.45) is 9.98 Å². The molecule has 0 unspecified atom stereocenters. The molecule has 2 aromatic heterocycles. The molecule has 262 valence electrons. The van der Waals surface area contributed by atoms with Gasteiger partial charge in [0.05, 0.1) is 37.0 Å². The van der Waals surface area contributed by atoms with E-state index in [0.717, 1.165) is 99.2 Å². The number of methoxy groups -OCH3 is 2. The molecule has 8 bridgehead atoms. The van der Waals surface area contributed by atoms with Gasteiger partial charge in [-0.15, -0.1) is 11.3 Å². The van der Waals surface area contributed by atoms with E-state index in [1.807, 2.05) is 24.3 Å². The van der Waals surface area contributed by atoms with Crippen LogP contribution < -0.4 is 18.5 Å². The van der Waals surface area contributed by atoms with Crippen molar-refractivity contribution < 1.29 is 9.47 Å². The van der Waals surface area contributed by atoms with E-state index < -0.39 is 0 Å². The molecule has 0 fully saturated rings. The normalized spacial score (nSPS) is 14.9. The van der Waals surface area contributed by atoms with Crippen molar-refractivity contribution in [3.63, 3.8) is 0 Å². The van der Waals surface area contributed by atoms with Crippen molar-refractivity contribution in [2.75, 3.05) is 14.2 Å². The van der Waals surface area contributed by atoms with Crippen molar-refractivity contribution in [1.29, 1.82) is 0 Å². The molecular formula is C48H37N3O2S. The number of benzene rings is 4. The Balaban J connectivity index is 1.39. The maximum atomic E-state index is 5.54. The third-order valence-corrected chi connectivity index (χ3v) is 11.2. The number of nitrogens with zero attached hydrogens (tertiary/aromatic N) is 2. The summed E-state index contributed by atoms with van der Waals surface area (Å²) >= 11 is 1.75. The van der Waals surface area contributed by atoms with Gasteiger partial charge < -0.3 is 14.5 Å². The van der Waals surface area contributed by atoms with Crippen LogP contribution in [0, 0.1) is 13.8 Å². The second-order valence-corrected chi connectivity index (χ2v) is 14.7. The van der Waals surface area contributed by atoms with Gasteiger partial charge in [-0.2, -0.15) is 0 Å². The Labute approximate surface area is 318 Å². The van der Waals surface area contributed by atoms with E-state index in [4.69, 9.17) is 19.5 Å². The minimum Gasteiger partial charge on any atom is -0.497 e. The monoisotopic (exact) mass is 719 g/mol. The largest absolute Gasteiger partial charge is 0.497 e. The Hall–Kier alpha value is -6.50. The van der Waals surface area contributed by atoms with Gasteiger partial charge in [0.2, 0.25) is 0 Å². The quantitative estimate of drug-likeness (QED) is 0.187. The number of allylic oxidation sites excluding steroid dienone is 4. The summed E-state index contributed by atoms with van der Waals surface area (Å²) in [5.41, 5.74) is 16.6. The van der Waals surface area contributed by atoms with Gasteiger partial charge in [-0.05, 0) is 103 Å². The number of thiophene rings is 1. The first-order valence-electron chi connectivity index (χ1n) is 17.9. The Morgan fingerprint density at radius 3 is 1.37 bits per heavy atom. The number of hydrogen-bond acceptors (Lipinski definition) is 5. The molecule has 3 aliphatic rings. The lowest BCUT2D eigenvalue weighted by molar-refractivity contribution is 0.414. The molecule has 3 aliphatic heterocycles. The number of nitrogens with one attached hydrogen (secondary N) is 1. The second kappa shape index (κ2) is 13.8. The van der Waals surface area contributed by atoms with Gasteiger partial charge in [-0.1, -0.05) is 83.9 Å². The standard InChI is InChI=1S/C48H37N3O2S/c1-29-5-9-31(10-6-29)45-35-27-42(49-28-35)46(32-11-7-30(2)8-12-32)39-22-24-41(51-39)48(34-15-19-37(53-4)20-16-34)44-26-25-43(54-44)47(40-23-21-38(45)50-40)33-13-17-36(52-3)18-14-33/h5-28,49H,1-4H3. The molecule has 4 aromatic carbocycles. The Morgan fingerprint density at radius 2 is 0.889 bits per heavy atom. The minimum atomic E-state index is 0.808. The Morgan fingerprint density at radius 1 is 0.463 bits per heavy atom. The molecule has 6 heteroatoms. The number of H-pyrrole nitrogens is 1. The molecule has 6 aromatic rings. The average molecular weight is 720 g/mol. The summed E-state index contributed by atoms with van der Waals surface area (Å²) in [7, 11) is 3.39. The number of fused-ring (bicyclic) bond motifs is 6. The minimum absolute atomic E-state index is 0.808. The first kappa shape index (κ1) is 33.3. The molecular weight excluding hydrogens is 683 g/mol. The Kier molecular flexibility index (Phi) is 8.53. The highest BCUT2D eigenvalue weighted by molar-refractivity contribution is 7.08. The summed E-state index contributed by atoms with van der Waals surface area (Å²) in [5.74, 6) is 1.62. The van der Waals surface area contributed by atoms with Crippen molar-refractivity contribution in [2.45, 2.75) is 13.8 Å². The van der Waals surface area contributed by atoms with E-state index in [1.165, 1.54) is 11.1 Å². The zero-order chi connectivity index (χ0) is 36.8. The van der Waals surface area contributed by atoms with E-state index in [2.05, 4.69) is 140 Å². The molecule has 54 heavy (non-hydrogen) atoms. The average Bonchev–Trinajstić information content (AvgIpc) is 4.05. The third-order valence-electron chi connectivity index (χ3n) is 10.1. The van der Waals surface area contributed by atoms with Crippen LogP contribution in [0.4, 0.5) is 0 Å². The number of aryl methyl sites for hydroxylation is 2. The maximum absolute atomic E-state index is 5.54. The zero-order valence-electron chi connectivity index (χ0n) is 30.5. The summed E-state index contributed by atoms with van der Waals surface area (Å²) in [4.78, 5) is 14.5. The van der Waals surface area contributed by atoms with Crippen LogP contribution in [0.5, 0.6) is 11.5 Å². The van der Waals surface area contributed by atoms with Gasteiger partial charge in [0.1, 0.15) is 11.5 Å². The number of aromatic amines is 1. The van der Waals surface area contributed by atoms with Crippen molar-refractivity contribution >= 4 is 45.1 Å². The number of aromatic nitrogens is 1. The van der Waals surface area contributed by atoms with Crippen LogP contribution in [-0.2, 0) is 0 Å². The van der Waals surface area contributed by atoms with Gasteiger partial charge in [0.15, 0.2) is 0 Å². The summed E-state index contributed by atoms with van der Waals surface area (Å²) in [6, 6.07) is 40.6. The summed E-state index contributed by atoms with van der Waals surface area (Å²) in [6.07, 6.45) is 10.7. The molecule has 0 atom stereocenters. The van der Waals surface area contributed by atoms with Crippen LogP contribution in [0.1, 0.15) is 44.6 Å². The van der Waals surface area contributed by atoms with Crippen LogP contribution >= 0.6 is 11.3 Å². The van der Waals surface area contributed by atoms with Crippen LogP contribution in [0.3, 0.4) is 0 Å². The first-order chi connectivity index (χ1) is 26.4. The number of aliphatic imine (C=N–C) groups is 2. The predicted molar refractivity (Wildman–Crippen MR) is 223 cm³/mol. The summed E-state index contributed by atoms with van der Waals surface area (Å²) in [5, 5.41) is 0. The van der Waals surface area contributed by atoms with Gasteiger partial charge in [-0.3, -0.25) is 0 Å². The van der Waals surface area contributed by atoms with E-state index in [9.17, 15) is 0 Å². The van der Waals surface area contributed by atoms with Crippen LogP contribution in [0.2, 0.25) is 0 Å². The fraction of sp³-hybridized carbons (Fsp3) is 0.0833. The molecule has 0 saturated heterocycles. The van der Waals surface area contributed by atoms with Crippen LogP contribution in [0.25, 0.3) is 22.3 Å². The molecule has 5 heterocycles. The molecule has 1 N–H and O–H groups in total. The Bertz CT molecular complexity index is 2560. The van der Waals surface area contributed by atoms with Gasteiger partial charge >= 0.3 is 0 Å². The smallest absolute Gasteiger partial charge is 0.118 e. The van der Waals surface area contributed by atoms with Crippen molar-refractivity contribution in [3.05, 3.63) is 211 Å². The lowest BCUT2D eigenvalue weighted by Gasteiger charge is -2.11. The number of ether oxygens (including phenoxy) is 2. The molecule has 0 aliphatic carbocycles. The van der Waals surface area contributed by atoms with E-state index in [-0.39, 0.29) is 0 Å². The third kappa shape index (κ3) is 6.10. The van der Waals surface area contributed by atoms with Gasteiger partial charge in [0.25, 0.3) is 0 Å². The van der Waals surface area contributed by atoms with Crippen molar-refractivity contribution in [1.82, 2.24) is 4.98 Å². The topological polar surface area (TPSA) is 59.0 Å². The lowest BCUT2D eigenvalue weighted by Crippen LogP contribution is -2.12. The maximum Gasteiger partial charge on any atom is 0.118 e. The highest BCUT2D eigenvalue weighted by Crippen LogP contribution is 2.37. The van der Waals surface area contributed by atoms with Crippen LogP contribution in [0.15, 0.2) is 167 Å². The summed E-state index contributed by atoms with van der Waals surface area (Å²) in [6.45, 7) is 4.24. The second-order valence-electron chi connectivity index (χ2n) is 13.6. The molecule has 0 amide bonds. The fourth-order valence-corrected chi connectivity index (χ4v) is 8.42. The SMILES string of the molecule is COc1ccc(C2=c3ccc(s3)=C(c3ccc(OC)cc3)C3=NC(=C(c4ccc(C)cc4)c4cc(c[nH]4)C(c4ccc(C)cc4)=C4C=CC2=N4)C=C3)cc1. The fourth-order valence-electron chi connectivity index (χ4n) is 7.26. The lowest BCUT2D eigenvalue weighted by atomic mass is 9.95. The number of hydrogen-bond donors (Lipinski definition) is 1. The summed E-state index contributed by atoms with van der Waals surface area (Å²) < 4.78 is 13.3. The van der Waals surface area contributed by atoms with Crippen LogP contribution in [-0.4, -0.2) is 30.6 Å². The zero-order valence-corrected chi connectivity index (χ0v) is 31.3.